The van der Waals surface area contributed by atoms with Crippen molar-refractivity contribution in [3.63, 3.8) is 0 Å². The summed E-state index contributed by atoms with van der Waals surface area (Å²) < 4.78 is 24.8. The van der Waals surface area contributed by atoms with Crippen molar-refractivity contribution in [1.29, 1.82) is 0 Å². The number of hydrogen-bond donors (Lipinski definition) is 1. The molecule has 0 aromatic heterocycles. The van der Waals surface area contributed by atoms with Crippen LogP contribution in [0.5, 0.6) is 11.5 Å². The average molecular weight is 343 g/mol. The van der Waals surface area contributed by atoms with Crippen molar-refractivity contribution in [3.05, 3.63) is 59.4 Å². The standard InChI is InChI=1S/C20H22FNO3/c1-24-17-10-9-14(13-18(17)25-2)19(23)22-20(11-5-6-12-20)15-7-3-4-8-16(15)21/h3-4,7-10,13H,5-6,11-12H2,1-2H3,(H,22,23). The van der Waals surface area contributed by atoms with E-state index < -0.39 is 5.54 Å². The van der Waals surface area contributed by atoms with Crippen LogP contribution in [0.1, 0.15) is 41.6 Å². The molecule has 1 fully saturated rings. The van der Waals surface area contributed by atoms with Crippen molar-refractivity contribution in [2.45, 2.75) is 31.2 Å². The first-order valence-electron chi connectivity index (χ1n) is 8.39. The summed E-state index contributed by atoms with van der Waals surface area (Å²) in [5.41, 5.74) is 0.358. The Kier molecular flexibility index (Phi) is 4.93. The largest absolute Gasteiger partial charge is 0.493 e. The maximum absolute atomic E-state index is 14.4. The SMILES string of the molecule is COc1ccc(C(=O)NC2(c3ccccc3F)CCCC2)cc1OC. The molecule has 1 amide bonds. The Hall–Kier alpha value is -2.56. The zero-order chi connectivity index (χ0) is 17.9. The minimum atomic E-state index is -0.657. The Morgan fingerprint density at radius 2 is 1.72 bits per heavy atom. The van der Waals surface area contributed by atoms with Crippen molar-refractivity contribution in [2.24, 2.45) is 0 Å². The molecule has 0 unspecified atom stereocenters. The highest BCUT2D eigenvalue weighted by atomic mass is 19.1. The number of hydrogen-bond acceptors (Lipinski definition) is 3. The number of carbonyl (C=O) groups excluding carboxylic acids is 1. The second kappa shape index (κ2) is 7.13. The Labute approximate surface area is 147 Å². The molecule has 0 spiro atoms. The van der Waals surface area contributed by atoms with Gasteiger partial charge in [-0.2, -0.15) is 0 Å². The Bertz CT molecular complexity index is 769. The molecule has 1 saturated carbocycles. The monoisotopic (exact) mass is 343 g/mol. The minimum absolute atomic E-state index is 0.244. The van der Waals surface area contributed by atoms with E-state index >= 15 is 0 Å². The molecule has 0 bridgehead atoms. The molecule has 1 aliphatic carbocycles. The Balaban J connectivity index is 1.91. The van der Waals surface area contributed by atoms with E-state index in [4.69, 9.17) is 9.47 Å². The average Bonchev–Trinajstić information content (AvgIpc) is 3.10. The van der Waals surface area contributed by atoms with Gasteiger partial charge >= 0.3 is 0 Å². The van der Waals surface area contributed by atoms with E-state index in [1.54, 1.807) is 43.5 Å². The van der Waals surface area contributed by atoms with Crippen molar-refractivity contribution in [2.75, 3.05) is 14.2 Å². The van der Waals surface area contributed by atoms with Gasteiger partial charge in [0, 0.05) is 11.1 Å². The fraction of sp³-hybridized carbons (Fsp3) is 0.350. The predicted octanol–water partition coefficient (Wildman–Crippen LogP) is 4.04. The van der Waals surface area contributed by atoms with Gasteiger partial charge in [-0.15, -0.1) is 0 Å². The van der Waals surface area contributed by atoms with Crippen molar-refractivity contribution in [3.8, 4) is 11.5 Å². The number of rotatable bonds is 5. The summed E-state index contributed by atoms with van der Waals surface area (Å²) in [5.74, 6) is 0.522. The molecule has 3 rings (SSSR count). The molecule has 2 aromatic rings. The highest BCUT2D eigenvalue weighted by molar-refractivity contribution is 5.95. The molecule has 0 saturated heterocycles. The number of halogens is 1. The van der Waals surface area contributed by atoms with Crippen LogP contribution in [0.3, 0.4) is 0 Å². The molecule has 0 atom stereocenters. The molecular formula is C20H22FNO3. The highest BCUT2D eigenvalue weighted by Crippen LogP contribution is 2.40. The summed E-state index contributed by atoms with van der Waals surface area (Å²) in [6.07, 6.45) is 3.38. The maximum Gasteiger partial charge on any atom is 0.252 e. The smallest absolute Gasteiger partial charge is 0.252 e. The number of nitrogens with one attached hydrogen (secondary N) is 1. The molecular weight excluding hydrogens is 321 g/mol. The van der Waals surface area contributed by atoms with E-state index in [1.165, 1.54) is 13.2 Å². The second-order valence-electron chi connectivity index (χ2n) is 6.29. The van der Waals surface area contributed by atoms with Crippen LogP contribution in [0.25, 0.3) is 0 Å². The van der Waals surface area contributed by atoms with Crippen LogP contribution in [-0.2, 0) is 5.54 Å². The van der Waals surface area contributed by atoms with Crippen LogP contribution in [0.15, 0.2) is 42.5 Å². The van der Waals surface area contributed by atoms with E-state index in [-0.39, 0.29) is 11.7 Å². The van der Waals surface area contributed by atoms with E-state index in [1.807, 2.05) is 0 Å². The molecule has 25 heavy (non-hydrogen) atoms. The molecule has 0 heterocycles. The topological polar surface area (TPSA) is 47.6 Å². The number of amides is 1. The first kappa shape index (κ1) is 17.3. The summed E-state index contributed by atoms with van der Waals surface area (Å²) in [5, 5.41) is 3.08. The summed E-state index contributed by atoms with van der Waals surface area (Å²) in [4.78, 5) is 12.8. The molecule has 0 radical (unpaired) electrons. The molecule has 0 aliphatic heterocycles. The fourth-order valence-electron chi connectivity index (χ4n) is 3.56. The summed E-state index contributed by atoms with van der Waals surface area (Å²) in [6, 6.07) is 11.7. The van der Waals surface area contributed by atoms with Gasteiger partial charge in [-0.25, -0.2) is 4.39 Å². The van der Waals surface area contributed by atoms with Gasteiger partial charge in [-0.05, 0) is 37.1 Å². The van der Waals surface area contributed by atoms with Crippen molar-refractivity contribution < 1.29 is 18.7 Å². The van der Waals surface area contributed by atoms with Crippen LogP contribution in [-0.4, -0.2) is 20.1 Å². The molecule has 132 valence electrons. The van der Waals surface area contributed by atoms with Gasteiger partial charge in [0.2, 0.25) is 0 Å². The summed E-state index contributed by atoms with van der Waals surface area (Å²) in [7, 11) is 3.07. The van der Waals surface area contributed by atoms with Gasteiger partial charge in [0.1, 0.15) is 5.82 Å². The highest BCUT2D eigenvalue weighted by Gasteiger charge is 2.39. The Morgan fingerprint density at radius 3 is 2.36 bits per heavy atom. The van der Waals surface area contributed by atoms with E-state index in [0.29, 0.717) is 22.6 Å². The fourth-order valence-corrected chi connectivity index (χ4v) is 3.56. The lowest BCUT2D eigenvalue weighted by Gasteiger charge is -2.31. The third-order valence-electron chi connectivity index (χ3n) is 4.85. The van der Waals surface area contributed by atoms with Crippen LogP contribution in [0, 0.1) is 5.82 Å². The lowest BCUT2D eigenvalue weighted by molar-refractivity contribution is 0.0896. The Morgan fingerprint density at radius 1 is 1.04 bits per heavy atom. The lowest BCUT2D eigenvalue weighted by Crippen LogP contribution is -2.44. The van der Waals surface area contributed by atoms with Gasteiger partial charge in [-0.3, -0.25) is 4.79 Å². The van der Waals surface area contributed by atoms with Gasteiger partial charge < -0.3 is 14.8 Å². The number of ether oxygens (including phenoxy) is 2. The second-order valence-corrected chi connectivity index (χ2v) is 6.29. The van der Waals surface area contributed by atoms with Crippen LogP contribution in [0.4, 0.5) is 4.39 Å². The van der Waals surface area contributed by atoms with Gasteiger partial charge in [0.15, 0.2) is 11.5 Å². The van der Waals surface area contributed by atoms with Gasteiger partial charge in [0.05, 0.1) is 19.8 Å². The zero-order valence-corrected chi connectivity index (χ0v) is 14.5. The number of benzene rings is 2. The molecule has 4 nitrogen and oxygen atoms in total. The molecule has 1 aliphatic rings. The van der Waals surface area contributed by atoms with Crippen molar-refractivity contribution in [1.82, 2.24) is 5.32 Å². The van der Waals surface area contributed by atoms with Crippen LogP contribution in [0.2, 0.25) is 0 Å². The number of methoxy groups -OCH3 is 2. The minimum Gasteiger partial charge on any atom is -0.493 e. The van der Waals surface area contributed by atoms with Gasteiger partial charge in [0.25, 0.3) is 5.91 Å². The molecule has 2 aromatic carbocycles. The zero-order valence-electron chi connectivity index (χ0n) is 14.5. The quantitative estimate of drug-likeness (QED) is 0.891. The number of carbonyl (C=O) groups is 1. The third kappa shape index (κ3) is 3.31. The maximum atomic E-state index is 14.4. The van der Waals surface area contributed by atoms with E-state index in [0.717, 1.165) is 25.7 Å². The van der Waals surface area contributed by atoms with E-state index in [9.17, 15) is 9.18 Å². The predicted molar refractivity (Wildman–Crippen MR) is 93.6 cm³/mol. The third-order valence-corrected chi connectivity index (χ3v) is 4.85. The molecule has 1 N–H and O–H groups in total. The van der Waals surface area contributed by atoms with Crippen molar-refractivity contribution >= 4 is 5.91 Å². The van der Waals surface area contributed by atoms with Gasteiger partial charge in [-0.1, -0.05) is 31.0 Å². The summed E-state index contributed by atoms with van der Waals surface area (Å²) >= 11 is 0. The first-order valence-corrected chi connectivity index (χ1v) is 8.39. The molecule has 5 heteroatoms. The summed E-state index contributed by atoms with van der Waals surface area (Å²) in [6.45, 7) is 0. The van der Waals surface area contributed by atoms with Crippen LogP contribution >= 0.6 is 0 Å². The lowest BCUT2D eigenvalue weighted by atomic mass is 9.87. The van der Waals surface area contributed by atoms with Crippen LogP contribution < -0.4 is 14.8 Å². The first-order chi connectivity index (χ1) is 12.1. The normalized spacial score (nSPS) is 15.6. The van der Waals surface area contributed by atoms with E-state index in [2.05, 4.69) is 5.32 Å².